The third-order valence-electron chi connectivity index (χ3n) is 2.03. The van der Waals surface area contributed by atoms with Crippen LogP contribution in [0.15, 0.2) is 24.3 Å². The molecule has 3 nitrogen and oxygen atoms in total. The molecule has 2 rings (SSSR count). The second kappa shape index (κ2) is 3.90. The van der Waals surface area contributed by atoms with E-state index in [0.717, 1.165) is 20.8 Å². The number of nitrogens with one attached hydrogen (secondary N) is 1. The Labute approximate surface area is 91.7 Å². The molecule has 4 heteroatoms. The number of rotatable bonds is 2. The van der Waals surface area contributed by atoms with Crippen LogP contribution in [0.5, 0.6) is 5.75 Å². The number of benzene rings is 1. The lowest BCUT2D eigenvalue weighted by Crippen LogP contribution is -2.03. The van der Waals surface area contributed by atoms with Crippen molar-refractivity contribution in [2.75, 3.05) is 12.4 Å². The lowest BCUT2D eigenvalue weighted by atomic mass is 10.2. The van der Waals surface area contributed by atoms with Gasteiger partial charge in [-0.1, -0.05) is 0 Å². The summed E-state index contributed by atoms with van der Waals surface area (Å²) in [7, 11) is 1.64. The first-order chi connectivity index (χ1) is 7.19. The third-order valence-corrected chi connectivity index (χ3v) is 3.04. The average molecular weight is 221 g/mol. The molecule has 0 aliphatic rings. The van der Waals surface area contributed by atoms with E-state index in [4.69, 9.17) is 4.74 Å². The molecule has 2 aromatic rings. The topological polar surface area (TPSA) is 38.3 Å². The molecule has 1 heterocycles. The zero-order valence-electron chi connectivity index (χ0n) is 8.53. The molecule has 0 fully saturated rings. The molecule has 0 aliphatic carbocycles. The van der Waals surface area contributed by atoms with E-state index in [2.05, 4.69) is 5.32 Å². The number of methoxy groups -OCH3 is 1. The number of anilines is 1. The minimum atomic E-state index is -0.0477. The summed E-state index contributed by atoms with van der Waals surface area (Å²) >= 11 is 1.54. The van der Waals surface area contributed by atoms with E-state index in [1.54, 1.807) is 18.4 Å². The summed E-state index contributed by atoms with van der Waals surface area (Å²) in [5.74, 6) is 0.784. The van der Waals surface area contributed by atoms with Crippen molar-refractivity contribution < 1.29 is 9.53 Å². The molecular weight excluding hydrogens is 210 g/mol. The molecule has 1 N–H and O–H groups in total. The standard InChI is InChI=1S/C11H11NO2S/c1-7(13)12-11-5-8-3-4-9(14-2)6-10(8)15-11/h3-6H,1-2H3,(H,12,13). The van der Waals surface area contributed by atoms with Crippen LogP contribution in [-0.2, 0) is 4.79 Å². The number of thiophene rings is 1. The van der Waals surface area contributed by atoms with Crippen LogP contribution in [0.1, 0.15) is 6.92 Å². The van der Waals surface area contributed by atoms with Crippen molar-refractivity contribution in [2.24, 2.45) is 0 Å². The maximum absolute atomic E-state index is 10.9. The fourth-order valence-corrected chi connectivity index (χ4v) is 2.41. The maximum Gasteiger partial charge on any atom is 0.221 e. The zero-order valence-corrected chi connectivity index (χ0v) is 9.35. The highest BCUT2D eigenvalue weighted by Crippen LogP contribution is 2.32. The van der Waals surface area contributed by atoms with Gasteiger partial charge in [-0.05, 0) is 29.7 Å². The average Bonchev–Trinajstić information content (AvgIpc) is 2.57. The van der Waals surface area contributed by atoms with Crippen molar-refractivity contribution in [3.8, 4) is 5.75 Å². The number of ether oxygens (including phenoxy) is 1. The van der Waals surface area contributed by atoms with Gasteiger partial charge in [0.25, 0.3) is 0 Å². The minimum Gasteiger partial charge on any atom is -0.497 e. The first-order valence-corrected chi connectivity index (χ1v) is 5.36. The molecule has 15 heavy (non-hydrogen) atoms. The van der Waals surface area contributed by atoms with Crippen LogP contribution in [0.3, 0.4) is 0 Å². The molecule has 78 valence electrons. The molecule has 0 atom stereocenters. The van der Waals surface area contributed by atoms with Crippen LogP contribution in [0.4, 0.5) is 5.00 Å². The predicted octanol–water partition coefficient (Wildman–Crippen LogP) is 2.87. The van der Waals surface area contributed by atoms with Gasteiger partial charge in [0.15, 0.2) is 0 Å². The molecule has 0 saturated carbocycles. The number of amides is 1. The van der Waals surface area contributed by atoms with E-state index in [-0.39, 0.29) is 5.91 Å². The van der Waals surface area contributed by atoms with Gasteiger partial charge in [0.2, 0.25) is 5.91 Å². The number of fused-ring (bicyclic) bond motifs is 1. The van der Waals surface area contributed by atoms with E-state index >= 15 is 0 Å². The molecule has 1 amide bonds. The zero-order chi connectivity index (χ0) is 10.8. The van der Waals surface area contributed by atoms with E-state index in [1.165, 1.54) is 6.92 Å². The van der Waals surface area contributed by atoms with Crippen LogP contribution in [0, 0.1) is 0 Å². The summed E-state index contributed by atoms with van der Waals surface area (Å²) in [4.78, 5) is 10.9. The van der Waals surface area contributed by atoms with Crippen molar-refractivity contribution in [1.29, 1.82) is 0 Å². The Bertz CT molecular complexity index is 504. The Hall–Kier alpha value is -1.55. The molecule has 0 aliphatic heterocycles. The third kappa shape index (κ3) is 2.10. The van der Waals surface area contributed by atoms with E-state index < -0.39 is 0 Å². The normalized spacial score (nSPS) is 10.3. The number of carbonyl (C=O) groups is 1. The first-order valence-electron chi connectivity index (χ1n) is 4.54. The summed E-state index contributed by atoms with van der Waals surface area (Å²) in [6.07, 6.45) is 0. The summed E-state index contributed by atoms with van der Waals surface area (Å²) < 4.78 is 6.24. The lowest BCUT2D eigenvalue weighted by Gasteiger charge is -1.97. The Balaban J connectivity index is 2.42. The van der Waals surface area contributed by atoms with Gasteiger partial charge < -0.3 is 10.1 Å². The Morgan fingerprint density at radius 3 is 2.87 bits per heavy atom. The van der Waals surface area contributed by atoms with Crippen LogP contribution in [0.25, 0.3) is 10.1 Å². The molecule has 1 aromatic heterocycles. The molecule has 0 radical (unpaired) electrons. The van der Waals surface area contributed by atoms with Gasteiger partial charge in [-0.3, -0.25) is 4.79 Å². The molecule has 0 unspecified atom stereocenters. The molecule has 0 saturated heterocycles. The fourth-order valence-electron chi connectivity index (χ4n) is 1.37. The molecule has 0 spiro atoms. The van der Waals surface area contributed by atoms with Gasteiger partial charge in [0.1, 0.15) is 5.75 Å². The van der Waals surface area contributed by atoms with Gasteiger partial charge in [-0.25, -0.2) is 0 Å². The SMILES string of the molecule is COc1ccc2cc(NC(C)=O)sc2c1. The Kier molecular flexibility index (Phi) is 2.60. The quantitative estimate of drug-likeness (QED) is 0.846. The van der Waals surface area contributed by atoms with E-state index in [1.807, 2.05) is 24.3 Å². The van der Waals surface area contributed by atoms with Crippen molar-refractivity contribution >= 4 is 32.3 Å². The summed E-state index contributed by atoms with van der Waals surface area (Å²) in [5, 5.41) is 4.75. The maximum atomic E-state index is 10.9. The smallest absolute Gasteiger partial charge is 0.221 e. The molecule has 1 aromatic carbocycles. The van der Waals surface area contributed by atoms with Crippen LogP contribution < -0.4 is 10.1 Å². The second-order valence-corrected chi connectivity index (χ2v) is 4.28. The highest BCUT2D eigenvalue weighted by atomic mass is 32.1. The van der Waals surface area contributed by atoms with Crippen molar-refractivity contribution in [1.82, 2.24) is 0 Å². The van der Waals surface area contributed by atoms with Gasteiger partial charge >= 0.3 is 0 Å². The van der Waals surface area contributed by atoms with Crippen molar-refractivity contribution in [3.05, 3.63) is 24.3 Å². The van der Waals surface area contributed by atoms with E-state index in [0.29, 0.717) is 0 Å². The molecular formula is C11H11NO2S. The van der Waals surface area contributed by atoms with Crippen LogP contribution >= 0.6 is 11.3 Å². The molecule has 0 bridgehead atoms. The minimum absolute atomic E-state index is 0.0477. The Morgan fingerprint density at radius 1 is 1.40 bits per heavy atom. The van der Waals surface area contributed by atoms with Gasteiger partial charge in [-0.15, -0.1) is 11.3 Å². The lowest BCUT2D eigenvalue weighted by molar-refractivity contribution is -0.114. The summed E-state index contributed by atoms with van der Waals surface area (Å²) in [5.41, 5.74) is 0. The number of hydrogen-bond acceptors (Lipinski definition) is 3. The summed E-state index contributed by atoms with van der Waals surface area (Å²) in [6, 6.07) is 7.81. The van der Waals surface area contributed by atoms with Crippen molar-refractivity contribution in [2.45, 2.75) is 6.92 Å². The van der Waals surface area contributed by atoms with Gasteiger partial charge in [0.05, 0.1) is 12.1 Å². The number of hydrogen-bond donors (Lipinski definition) is 1. The predicted molar refractivity (Wildman–Crippen MR) is 62.7 cm³/mol. The van der Waals surface area contributed by atoms with E-state index in [9.17, 15) is 4.79 Å². The van der Waals surface area contributed by atoms with Crippen LogP contribution in [0.2, 0.25) is 0 Å². The first kappa shape index (κ1) is 9.98. The number of carbonyl (C=O) groups excluding carboxylic acids is 1. The highest BCUT2D eigenvalue weighted by Gasteiger charge is 2.03. The second-order valence-electron chi connectivity index (χ2n) is 3.20. The van der Waals surface area contributed by atoms with Gasteiger partial charge in [0, 0.05) is 11.6 Å². The fraction of sp³-hybridized carbons (Fsp3) is 0.182. The highest BCUT2D eigenvalue weighted by molar-refractivity contribution is 7.23. The van der Waals surface area contributed by atoms with Crippen molar-refractivity contribution in [3.63, 3.8) is 0 Å². The van der Waals surface area contributed by atoms with Crippen LogP contribution in [-0.4, -0.2) is 13.0 Å². The Morgan fingerprint density at radius 2 is 2.20 bits per heavy atom. The summed E-state index contributed by atoms with van der Waals surface area (Å²) in [6.45, 7) is 1.50. The largest absolute Gasteiger partial charge is 0.497 e. The monoisotopic (exact) mass is 221 g/mol. The van der Waals surface area contributed by atoms with Gasteiger partial charge in [-0.2, -0.15) is 0 Å².